The number of methoxy groups -OCH3 is 2. The molecule has 1 heterocycles. The quantitative estimate of drug-likeness (QED) is 0.592. The van der Waals surface area contributed by atoms with E-state index in [1.54, 1.807) is 14.2 Å². The van der Waals surface area contributed by atoms with E-state index < -0.39 is 17.3 Å². The van der Waals surface area contributed by atoms with Crippen molar-refractivity contribution in [1.82, 2.24) is 5.32 Å². The van der Waals surface area contributed by atoms with Gasteiger partial charge in [0.2, 0.25) is 5.79 Å². The monoisotopic (exact) mass is 245 g/mol. The Labute approximate surface area is 103 Å². The van der Waals surface area contributed by atoms with E-state index in [0.717, 1.165) is 6.54 Å². The van der Waals surface area contributed by atoms with Gasteiger partial charge in [-0.3, -0.25) is 4.79 Å². The minimum Gasteiger partial charge on any atom is -0.455 e. The van der Waals surface area contributed by atoms with E-state index in [2.05, 4.69) is 5.32 Å². The highest BCUT2D eigenvalue weighted by molar-refractivity contribution is 5.75. The molecule has 1 atom stereocenters. The number of hydrogen-bond donors (Lipinski definition) is 1. The van der Waals surface area contributed by atoms with Gasteiger partial charge in [-0.05, 0) is 20.8 Å². The van der Waals surface area contributed by atoms with Crippen LogP contribution in [0.2, 0.25) is 0 Å². The number of carbonyl (C=O) groups is 1. The standard InChI is InChI=1S/C12H23NO4/c1-11(2,3)10(14)17-9-8-13-7-6-12(9,15-4)16-5/h9,13H,6-8H2,1-5H3. The third-order valence-corrected chi connectivity index (χ3v) is 3.02. The average molecular weight is 245 g/mol. The maximum absolute atomic E-state index is 11.9. The van der Waals surface area contributed by atoms with E-state index in [4.69, 9.17) is 14.2 Å². The summed E-state index contributed by atoms with van der Waals surface area (Å²) in [4.78, 5) is 11.9. The molecule has 1 fully saturated rings. The molecule has 5 nitrogen and oxygen atoms in total. The molecule has 0 spiro atoms. The summed E-state index contributed by atoms with van der Waals surface area (Å²) in [6.45, 7) is 6.81. The summed E-state index contributed by atoms with van der Waals surface area (Å²) < 4.78 is 16.3. The fraction of sp³-hybridized carbons (Fsp3) is 0.917. The SMILES string of the molecule is COC1(OC)CCNCC1OC(=O)C(C)(C)C. The Bertz CT molecular complexity index is 268. The van der Waals surface area contributed by atoms with Crippen molar-refractivity contribution in [2.75, 3.05) is 27.3 Å². The van der Waals surface area contributed by atoms with Crippen LogP contribution < -0.4 is 5.32 Å². The lowest BCUT2D eigenvalue weighted by Gasteiger charge is -2.41. The van der Waals surface area contributed by atoms with Crippen LogP contribution in [0.5, 0.6) is 0 Å². The lowest BCUT2D eigenvalue weighted by Crippen LogP contribution is -2.58. The summed E-state index contributed by atoms with van der Waals surface area (Å²) in [7, 11) is 3.15. The molecule has 1 aliphatic rings. The van der Waals surface area contributed by atoms with Crippen molar-refractivity contribution in [3.63, 3.8) is 0 Å². The predicted octanol–water partition coefficient (Wildman–Crippen LogP) is 0.927. The average Bonchev–Trinajstić information content (AvgIpc) is 2.29. The highest BCUT2D eigenvalue weighted by Crippen LogP contribution is 2.28. The third kappa shape index (κ3) is 3.18. The molecule has 0 aromatic heterocycles. The molecule has 0 amide bonds. The first-order chi connectivity index (χ1) is 7.85. The van der Waals surface area contributed by atoms with E-state index in [1.807, 2.05) is 20.8 Å². The largest absolute Gasteiger partial charge is 0.455 e. The Balaban J connectivity index is 2.76. The predicted molar refractivity (Wildman–Crippen MR) is 63.6 cm³/mol. The molecule has 0 aliphatic carbocycles. The summed E-state index contributed by atoms with van der Waals surface area (Å²) in [5.74, 6) is -1.07. The number of carbonyl (C=O) groups excluding carboxylic acids is 1. The van der Waals surface area contributed by atoms with Gasteiger partial charge in [0.15, 0.2) is 6.10 Å². The maximum Gasteiger partial charge on any atom is 0.311 e. The molecule has 0 bridgehead atoms. The number of piperidine rings is 1. The van der Waals surface area contributed by atoms with Crippen LogP contribution in [0, 0.1) is 5.41 Å². The maximum atomic E-state index is 11.9. The Hall–Kier alpha value is -0.650. The highest BCUT2D eigenvalue weighted by Gasteiger charge is 2.45. The number of nitrogens with one attached hydrogen (secondary N) is 1. The fourth-order valence-electron chi connectivity index (χ4n) is 1.80. The van der Waals surface area contributed by atoms with E-state index in [-0.39, 0.29) is 5.97 Å². The molecule has 1 unspecified atom stereocenters. The van der Waals surface area contributed by atoms with Gasteiger partial charge in [0.1, 0.15) is 0 Å². The zero-order valence-corrected chi connectivity index (χ0v) is 11.3. The van der Waals surface area contributed by atoms with Crippen LogP contribution >= 0.6 is 0 Å². The van der Waals surface area contributed by atoms with Gasteiger partial charge in [0.05, 0.1) is 5.41 Å². The highest BCUT2D eigenvalue weighted by atomic mass is 16.7. The molecule has 0 radical (unpaired) electrons. The van der Waals surface area contributed by atoms with Crippen LogP contribution in [-0.4, -0.2) is 45.2 Å². The van der Waals surface area contributed by atoms with Crippen LogP contribution in [0.4, 0.5) is 0 Å². The van der Waals surface area contributed by atoms with Crippen molar-refractivity contribution in [3.05, 3.63) is 0 Å². The second-order valence-corrected chi connectivity index (χ2v) is 5.32. The van der Waals surface area contributed by atoms with E-state index in [0.29, 0.717) is 13.0 Å². The molecule has 100 valence electrons. The van der Waals surface area contributed by atoms with Crippen molar-refractivity contribution >= 4 is 5.97 Å². The topological polar surface area (TPSA) is 56.8 Å². The van der Waals surface area contributed by atoms with Crippen LogP contribution in [-0.2, 0) is 19.0 Å². The van der Waals surface area contributed by atoms with Gasteiger partial charge in [0, 0.05) is 33.7 Å². The van der Waals surface area contributed by atoms with Gasteiger partial charge >= 0.3 is 5.97 Å². The summed E-state index contributed by atoms with van der Waals surface area (Å²) in [6, 6.07) is 0. The molecule has 0 aromatic carbocycles. The molecular formula is C12H23NO4. The van der Waals surface area contributed by atoms with Crippen LogP contribution in [0.3, 0.4) is 0 Å². The first kappa shape index (κ1) is 14.4. The van der Waals surface area contributed by atoms with Crippen LogP contribution in [0.25, 0.3) is 0 Å². The van der Waals surface area contributed by atoms with Crippen molar-refractivity contribution in [2.45, 2.75) is 39.1 Å². The van der Waals surface area contributed by atoms with Gasteiger partial charge in [0.25, 0.3) is 0 Å². The van der Waals surface area contributed by atoms with Gasteiger partial charge < -0.3 is 19.5 Å². The van der Waals surface area contributed by atoms with Gasteiger partial charge in [-0.1, -0.05) is 0 Å². The first-order valence-electron chi connectivity index (χ1n) is 5.88. The first-order valence-corrected chi connectivity index (χ1v) is 5.88. The Kier molecular flexibility index (Phi) is 4.52. The zero-order chi connectivity index (χ0) is 13.1. The van der Waals surface area contributed by atoms with E-state index in [9.17, 15) is 4.79 Å². The Morgan fingerprint density at radius 3 is 2.35 bits per heavy atom. The van der Waals surface area contributed by atoms with E-state index in [1.165, 1.54) is 0 Å². The Morgan fingerprint density at radius 1 is 1.29 bits per heavy atom. The lowest BCUT2D eigenvalue weighted by molar-refractivity contribution is -0.275. The van der Waals surface area contributed by atoms with Gasteiger partial charge in [-0.2, -0.15) is 0 Å². The molecule has 1 N–H and O–H groups in total. The zero-order valence-electron chi connectivity index (χ0n) is 11.3. The van der Waals surface area contributed by atoms with Crippen molar-refractivity contribution in [1.29, 1.82) is 0 Å². The lowest BCUT2D eigenvalue weighted by atomic mass is 9.96. The molecule has 0 aromatic rings. The molecule has 0 saturated carbocycles. The van der Waals surface area contributed by atoms with Crippen molar-refractivity contribution in [2.24, 2.45) is 5.41 Å². The third-order valence-electron chi connectivity index (χ3n) is 3.02. The van der Waals surface area contributed by atoms with E-state index >= 15 is 0 Å². The number of esters is 1. The normalized spacial score (nSPS) is 24.4. The minimum absolute atomic E-state index is 0.246. The molecular weight excluding hydrogens is 222 g/mol. The molecule has 1 aliphatic heterocycles. The second-order valence-electron chi connectivity index (χ2n) is 5.32. The summed E-state index contributed by atoms with van der Waals surface area (Å²) in [5, 5.41) is 3.18. The number of rotatable bonds is 3. The van der Waals surface area contributed by atoms with Crippen LogP contribution in [0.15, 0.2) is 0 Å². The van der Waals surface area contributed by atoms with Crippen molar-refractivity contribution in [3.8, 4) is 0 Å². The van der Waals surface area contributed by atoms with Gasteiger partial charge in [-0.15, -0.1) is 0 Å². The van der Waals surface area contributed by atoms with Gasteiger partial charge in [-0.25, -0.2) is 0 Å². The van der Waals surface area contributed by atoms with Crippen molar-refractivity contribution < 1.29 is 19.0 Å². The van der Waals surface area contributed by atoms with Crippen LogP contribution in [0.1, 0.15) is 27.2 Å². The second kappa shape index (κ2) is 5.33. The minimum atomic E-state index is -0.827. The molecule has 17 heavy (non-hydrogen) atoms. The fourth-order valence-corrected chi connectivity index (χ4v) is 1.80. The molecule has 5 heteroatoms. The number of ether oxygens (including phenoxy) is 3. The summed E-state index contributed by atoms with van der Waals surface area (Å²) in [6.07, 6.45) is 0.236. The molecule has 1 saturated heterocycles. The smallest absolute Gasteiger partial charge is 0.311 e. The molecule has 1 rings (SSSR count). The summed E-state index contributed by atoms with van der Waals surface area (Å²) >= 11 is 0. The summed E-state index contributed by atoms with van der Waals surface area (Å²) in [5.41, 5.74) is -0.523. The number of hydrogen-bond acceptors (Lipinski definition) is 5. The Morgan fingerprint density at radius 2 is 1.88 bits per heavy atom.